The van der Waals surface area contributed by atoms with Crippen LogP contribution in [0.25, 0.3) is 5.65 Å². The molecule has 1 aromatic carbocycles. The first-order valence-electron chi connectivity index (χ1n) is 10.8. The standard InChI is InChI=1S/C23H26N6O2/c1-17(30)28-10-9-18(15-28)22-25-24-21-8-7-19(16-29(21)22)23(31)27-13-11-26(12-14-27)20-5-3-2-4-6-20/h2-8,16,18H,9-15H2,1H3/t18-/m0/s1. The first-order valence-corrected chi connectivity index (χ1v) is 10.8. The molecule has 0 spiro atoms. The van der Waals surface area contributed by atoms with Crippen LogP contribution in [-0.2, 0) is 4.79 Å². The van der Waals surface area contributed by atoms with Crippen molar-refractivity contribution in [3.8, 4) is 0 Å². The van der Waals surface area contributed by atoms with Gasteiger partial charge in [-0.3, -0.25) is 14.0 Å². The van der Waals surface area contributed by atoms with E-state index in [1.807, 2.05) is 50.7 Å². The SMILES string of the molecule is CC(=O)N1CC[C@H](c2nnc3ccc(C(=O)N4CCN(c5ccccc5)CC4)cn23)C1. The van der Waals surface area contributed by atoms with Gasteiger partial charge in [0.15, 0.2) is 5.65 Å². The minimum Gasteiger partial charge on any atom is -0.368 e. The van der Waals surface area contributed by atoms with E-state index in [2.05, 4.69) is 27.2 Å². The zero-order valence-electron chi connectivity index (χ0n) is 17.6. The van der Waals surface area contributed by atoms with Crippen LogP contribution in [0.4, 0.5) is 5.69 Å². The van der Waals surface area contributed by atoms with Gasteiger partial charge in [-0.05, 0) is 30.7 Å². The van der Waals surface area contributed by atoms with E-state index in [1.165, 1.54) is 5.69 Å². The number of anilines is 1. The Morgan fingerprint density at radius 3 is 2.39 bits per heavy atom. The van der Waals surface area contributed by atoms with Gasteiger partial charge in [0.1, 0.15) is 5.82 Å². The third-order valence-electron chi connectivity index (χ3n) is 6.36. The quantitative estimate of drug-likeness (QED) is 0.651. The van der Waals surface area contributed by atoms with Gasteiger partial charge in [0.25, 0.3) is 5.91 Å². The van der Waals surface area contributed by atoms with Crippen LogP contribution in [0.3, 0.4) is 0 Å². The summed E-state index contributed by atoms with van der Waals surface area (Å²) in [5.74, 6) is 1.08. The van der Waals surface area contributed by atoms with E-state index in [4.69, 9.17) is 0 Å². The van der Waals surface area contributed by atoms with Crippen molar-refractivity contribution in [2.75, 3.05) is 44.2 Å². The van der Waals surface area contributed by atoms with Gasteiger partial charge in [-0.2, -0.15) is 0 Å². The molecule has 0 aliphatic carbocycles. The molecule has 4 heterocycles. The van der Waals surface area contributed by atoms with Crippen LogP contribution in [0, 0.1) is 0 Å². The number of fused-ring (bicyclic) bond motifs is 1. The minimum absolute atomic E-state index is 0.0334. The fourth-order valence-corrected chi connectivity index (χ4v) is 4.56. The van der Waals surface area contributed by atoms with Crippen molar-refractivity contribution in [1.82, 2.24) is 24.4 Å². The highest BCUT2D eigenvalue weighted by Gasteiger charge is 2.29. The molecule has 2 amide bonds. The summed E-state index contributed by atoms with van der Waals surface area (Å²) in [6.45, 7) is 6.00. The second-order valence-electron chi connectivity index (χ2n) is 8.27. The molecule has 0 N–H and O–H groups in total. The summed E-state index contributed by atoms with van der Waals surface area (Å²) in [6, 6.07) is 14.0. The van der Waals surface area contributed by atoms with Crippen molar-refractivity contribution in [3.05, 3.63) is 60.0 Å². The number of hydrogen-bond donors (Lipinski definition) is 0. The molecule has 5 rings (SSSR count). The lowest BCUT2D eigenvalue weighted by atomic mass is 10.1. The van der Waals surface area contributed by atoms with Gasteiger partial charge in [-0.1, -0.05) is 18.2 Å². The third-order valence-corrected chi connectivity index (χ3v) is 6.36. The number of likely N-dealkylation sites (tertiary alicyclic amines) is 1. The highest BCUT2D eigenvalue weighted by atomic mass is 16.2. The van der Waals surface area contributed by atoms with E-state index < -0.39 is 0 Å². The Morgan fingerprint density at radius 2 is 1.68 bits per heavy atom. The molecule has 31 heavy (non-hydrogen) atoms. The van der Waals surface area contributed by atoms with Crippen LogP contribution < -0.4 is 4.90 Å². The lowest BCUT2D eigenvalue weighted by molar-refractivity contribution is -0.127. The summed E-state index contributed by atoms with van der Waals surface area (Å²) in [4.78, 5) is 30.9. The molecule has 2 saturated heterocycles. The molecule has 8 nitrogen and oxygen atoms in total. The van der Waals surface area contributed by atoms with Crippen molar-refractivity contribution in [2.24, 2.45) is 0 Å². The molecule has 2 aliphatic rings. The molecule has 0 unspecified atom stereocenters. The largest absolute Gasteiger partial charge is 0.368 e. The van der Waals surface area contributed by atoms with E-state index in [0.29, 0.717) is 25.2 Å². The summed E-state index contributed by atoms with van der Waals surface area (Å²) in [6.07, 6.45) is 2.72. The molecule has 2 aliphatic heterocycles. The molecule has 0 saturated carbocycles. The van der Waals surface area contributed by atoms with Crippen molar-refractivity contribution < 1.29 is 9.59 Å². The fourth-order valence-electron chi connectivity index (χ4n) is 4.56. The van der Waals surface area contributed by atoms with Gasteiger partial charge < -0.3 is 14.7 Å². The van der Waals surface area contributed by atoms with Gasteiger partial charge in [0, 0.05) is 64.0 Å². The molecule has 0 bridgehead atoms. The molecule has 160 valence electrons. The number of carbonyl (C=O) groups is 2. The maximum absolute atomic E-state index is 13.2. The van der Waals surface area contributed by atoms with Gasteiger partial charge >= 0.3 is 0 Å². The number of amides is 2. The molecule has 0 radical (unpaired) electrons. The highest BCUT2D eigenvalue weighted by Crippen LogP contribution is 2.27. The van der Waals surface area contributed by atoms with Gasteiger partial charge in [-0.15, -0.1) is 10.2 Å². The fraction of sp³-hybridized carbons (Fsp3) is 0.391. The average Bonchev–Trinajstić information content (AvgIpc) is 3.46. The van der Waals surface area contributed by atoms with Gasteiger partial charge in [0.2, 0.25) is 5.91 Å². The van der Waals surface area contributed by atoms with Crippen LogP contribution in [0.5, 0.6) is 0 Å². The molecule has 8 heteroatoms. The predicted octanol–water partition coefficient (Wildman–Crippen LogP) is 2.03. The van der Waals surface area contributed by atoms with Crippen molar-refractivity contribution in [1.29, 1.82) is 0 Å². The maximum atomic E-state index is 13.2. The second-order valence-corrected chi connectivity index (χ2v) is 8.27. The topological polar surface area (TPSA) is 74.0 Å². The van der Waals surface area contributed by atoms with Crippen molar-refractivity contribution in [2.45, 2.75) is 19.3 Å². The second kappa shape index (κ2) is 8.02. The Kier molecular flexibility index (Phi) is 5.05. The Hall–Kier alpha value is -3.42. The number of hydrogen-bond acceptors (Lipinski definition) is 5. The lowest BCUT2D eigenvalue weighted by Gasteiger charge is -2.36. The molecule has 1 atom stereocenters. The molecule has 2 fully saturated rings. The Bertz CT molecular complexity index is 1100. The average molecular weight is 419 g/mol. The van der Waals surface area contributed by atoms with Crippen molar-refractivity contribution in [3.63, 3.8) is 0 Å². The summed E-state index contributed by atoms with van der Waals surface area (Å²) in [5, 5.41) is 8.64. The van der Waals surface area contributed by atoms with Crippen LogP contribution in [-0.4, -0.2) is 75.5 Å². The van der Waals surface area contributed by atoms with Crippen LogP contribution in [0.1, 0.15) is 35.4 Å². The third kappa shape index (κ3) is 3.73. The minimum atomic E-state index is 0.0334. The number of para-hydroxylation sites is 1. The monoisotopic (exact) mass is 418 g/mol. The summed E-state index contributed by atoms with van der Waals surface area (Å²) in [7, 11) is 0. The molecular weight excluding hydrogens is 392 g/mol. The maximum Gasteiger partial charge on any atom is 0.255 e. The van der Waals surface area contributed by atoms with Crippen LogP contribution in [0.2, 0.25) is 0 Å². The summed E-state index contributed by atoms with van der Waals surface area (Å²) < 4.78 is 1.92. The Balaban J connectivity index is 1.31. The zero-order chi connectivity index (χ0) is 21.4. The molecular formula is C23H26N6O2. The number of carbonyl (C=O) groups excluding carboxylic acids is 2. The van der Waals surface area contributed by atoms with E-state index in [9.17, 15) is 9.59 Å². The van der Waals surface area contributed by atoms with Crippen molar-refractivity contribution >= 4 is 23.1 Å². The number of aromatic nitrogens is 3. The van der Waals surface area contributed by atoms with Crippen LogP contribution >= 0.6 is 0 Å². The lowest BCUT2D eigenvalue weighted by Crippen LogP contribution is -2.48. The molecule has 3 aromatic rings. The Morgan fingerprint density at radius 1 is 0.903 bits per heavy atom. The number of rotatable bonds is 3. The Labute approximate surface area is 181 Å². The highest BCUT2D eigenvalue weighted by molar-refractivity contribution is 5.94. The smallest absolute Gasteiger partial charge is 0.255 e. The number of nitrogens with zero attached hydrogens (tertiary/aromatic N) is 6. The number of benzene rings is 1. The number of piperazine rings is 1. The first kappa shape index (κ1) is 19.5. The summed E-state index contributed by atoms with van der Waals surface area (Å²) >= 11 is 0. The predicted molar refractivity (Wildman–Crippen MR) is 117 cm³/mol. The van der Waals surface area contributed by atoms with Crippen LogP contribution in [0.15, 0.2) is 48.7 Å². The number of pyridine rings is 1. The van der Waals surface area contributed by atoms with E-state index in [0.717, 1.165) is 37.5 Å². The molecule has 2 aromatic heterocycles. The van der Waals surface area contributed by atoms with E-state index in [-0.39, 0.29) is 17.7 Å². The first-order chi connectivity index (χ1) is 15.1. The van der Waals surface area contributed by atoms with E-state index in [1.54, 1.807) is 6.92 Å². The normalized spacial score (nSPS) is 19.3. The van der Waals surface area contributed by atoms with E-state index >= 15 is 0 Å². The van der Waals surface area contributed by atoms with Gasteiger partial charge in [-0.25, -0.2) is 0 Å². The zero-order valence-corrected chi connectivity index (χ0v) is 17.6. The summed E-state index contributed by atoms with van der Waals surface area (Å²) in [5.41, 5.74) is 2.56. The van der Waals surface area contributed by atoms with Gasteiger partial charge in [0.05, 0.1) is 5.56 Å².